The van der Waals surface area contributed by atoms with Crippen LogP contribution in [0.25, 0.3) is 0 Å². The largest absolute Gasteiger partial charge is 0.459 e. The molecule has 1 rings (SSSR count). The molecule has 0 aliphatic heterocycles. The molecular weight excluding hydrogens is 247 g/mol. The third kappa shape index (κ3) is 5.25. The van der Waals surface area contributed by atoms with E-state index in [1.807, 2.05) is 0 Å². The Morgan fingerprint density at radius 3 is 2.17 bits per heavy atom. The number of nitrogens with zero attached hydrogens (tertiary/aromatic N) is 1. The molecule has 0 heterocycles. The van der Waals surface area contributed by atoms with Crippen LogP contribution in [0.4, 0.5) is 13.2 Å². The molecule has 1 saturated carbocycles. The molecule has 1 aliphatic rings. The van der Waals surface area contributed by atoms with Crippen LogP contribution in [0.3, 0.4) is 0 Å². The third-order valence-corrected chi connectivity index (χ3v) is 2.62. The van der Waals surface area contributed by atoms with Gasteiger partial charge in [-0.05, 0) is 40.5 Å². The quantitative estimate of drug-likeness (QED) is 0.733. The Morgan fingerprint density at radius 1 is 1.33 bits per heavy atom. The first-order chi connectivity index (χ1) is 7.99. The van der Waals surface area contributed by atoms with E-state index in [2.05, 4.69) is 0 Å². The molecule has 0 spiro atoms. The van der Waals surface area contributed by atoms with Crippen LogP contribution < -0.4 is 0 Å². The molecule has 3 nitrogen and oxygen atoms in total. The second-order valence-electron chi connectivity index (χ2n) is 5.73. The number of halogens is 3. The standard InChI is InChI=1S/C12H20F3NO2/c1-8(10(17)18-11(2,3)4)16(9-5-6-9)7-12(13,14)15/h8-9H,5-7H2,1-4H3. The van der Waals surface area contributed by atoms with Gasteiger partial charge in [-0.3, -0.25) is 9.69 Å². The van der Waals surface area contributed by atoms with E-state index in [1.54, 1.807) is 20.8 Å². The molecule has 6 heteroatoms. The molecule has 1 fully saturated rings. The van der Waals surface area contributed by atoms with Crippen molar-refractivity contribution in [2.75, 3.05) is 6.54 Å². The third-order valence-electron chi connectivity index (χ3n) is 2.62. The molecule has 0 aromatic rings. The Balaban J connectivity index is 2.65. The fraction of sp³-hybridized carbons (Fsp3) is 0.917. The van der Waals surface area contributed by atoms with E-state index in [0.29, 0.717) is 12.8 Å². The summed E-state index contributed by atoms with van der Waals surface area (Å²) in [6, 6.07) is -1.01. The van der Waals surface area contributed by atoms with Crippen LogP contribution in [-0.2, 0) is 9.53 Å². The summed E-state index contributed by atoms with van der Waals surface area (Å²) in [5.41, 5.74) is -0.682. The minimum atomic E-state index is -4.29. The highest BCUT2D eigenvalue weighted by Crippen LogP contribution is 2.32. The Kier molecular flexibility index (Phi) is 4.30. The van der Waals surface area contributed by atoms with E-state index in [1.165, 1.54) is 11.8 Å². The van der Waals surface area contributed by atoms with Crippen molar-refractivity contribution in [3.8, 4) is 0 Å². The number of carbonyl (C=O) groups excluding carboxylic acids is 1. The first-order valence-electron chi connectivity index (χ1n) is 6.05. The molecule has 1 atom stereocenters. The van der Waals surface area contributed by atoms with E-state index < -0.39 is 30.3 Å². The summed E-state index contributed by atoms with van der Waals surface area (Å²) in [5, 5.41) is 0. The minimum Gasteiger partial charge on any atom is -0.459 e. The molecule has 0 saturated heterocycles. The van der Waals surface area contributed by atoms with Crippen LogP contribution in [0.5, 0.6) is 0 Å². The number of hydrogen-bond acceptors (Lipinski definition) is 3. The van der Waals surface area contributed by atoms with Crippen LogP contribution in [0, 0.1) is 0 Å². The lowest BCUT2D eigenvalue weighted by Gasteiger charge is -2.30. The maximum atomic E-state index is 12.5. The molecular formula is C12H20F3NO2. The van der Waals surface area contributed by atoms with E-state index in [-0.39, 0.29) is 6.04 Å². The normalized spacial score (nSPS) is 18.9. The molecule has 0 N–H and O–H groups in total. The van der Waals surface area contributed by atoms with Gasteiger partial charge in [0.05, 0.1) is 6.54 Å². The first kappa shape index (κ1) is 15.3. The highest BCUT2D eigenvalue weighted by molar-refractivity contribution is 5.75. The lowest BCUT2D eigenvalue weighted by Crippen LogP contribution is -2.47. The van der Waals surface area contributed by atoms with Gasteiger partial charge in [0.15, 0.2) is 0 Å². The lowest BCUT2D eigenvalue weighted by molar-refractivity contribution is -0.172. The van der Waals surface area contributed by atoms with Crippen LogP contribution in [0.1, 0.15) is 40.5 Å². The molecule has 0 amide bonds. The van der Waals surface area contributed by atoms with Gasteiger partial charge in [0, 0.05) is 6.04 Å². The van der Waals surface area contributed by atoms with Gasteiger partial charge in [-0.15, -0.1) is 0 Å². The van der Waals surface area contributed by atoms with Gasteiger partial charge in [-0.1, -0.05) is 0 Å². The van der Waals surface area contributed by atoms with Crippen LogP contribution in [-0.4, -0.2) is 41.3 Å². The second kappa shape index (κ2) is 5.07. The van der Waals surface area contributed by atoms with Gasteiger partial charge >= 0.3 is 12.1 Å². The van der Waals surface area contributed by atoms with Crippen LogP contribution in [0.15, 0.2) is 0 Å². The average Bonchev–Trinajstić information content (AvgIpc) is 2.91. The lowest BCUT2D eigenvalue weighted by atomic mass is 10.2. The summed E-state index contributed by atoms with van der Waals surface area (Å²) in [6.07, 6.45) is -2.87. The number of ether oxygens (including phenoxy) is 1. The van der Waals surface area contributed by atoms with Gasteiger partial charge in [0.2, 0.25) is 0 Å². The predicted octanol–water partition coefficient (Wildman–Crippen LogP) is 2.74. The zero-order valence-electron chi connectivity index (χ0n) is 11.2. The maximum absolute atomic E-state index is 12.5. The van der Waals surface area contributed by atoms with E-state index in [4.69, 9.17) is 4.74 Å². The summed E-state index contributed by atoms with van der Waals surface area (Å²) in [6.45, 7) is 5.50. The van der Waals surface area contributed by atoms with Crippen LogP contribution >= 0.6 is 0 Å². The summed E-state index contributed by atoms with van der Waals surface area (Å²) < 4.78 is 42.5. The van der Waals surface area contributed by atoms with E-state index in [0.717, 1.165) is 0 Å². The Labute approximate surface area is 105 Å². The molecule has 0 radical (unpaired) electrons. The Morgan fingerprint density at radius 2 is 1.83 bits per heavy atom. The minimum absolute atomic E-state index is 0.144. The highest BCUT2D eigenvalue weighted by Gasteiger charge is 2.42. The molecule has 0 aromatic heterocycles. The van der Waals surface area contributed by atoms with Gasteiger partial charge in [0.1, 0.15) is 11.6 Å². The fourth-order valence-corrected chi connectivity index (χ4v) is 1.72. The molecule has 0 bridgehead atoms. The van der Waals surface area contributed by atoms with Gasteiger partial charge in [0.25, 0.3) is 0 Å². The molecule has 18 heavy (non-hydrogen) atoms. The molecule has 1 unspecified atom stereocenters. The van der Waals surface area contributed by atoms with Crippen molar-refractivity contribution in [2.24, 2.45) is 0 Å². The summed E-state index contributed by atoms with van der Waals surface area (Å²) in [4.78, 5) is 13.0. The van der Waals surface area contributed by atoms with Crippen molar-refractivity contribution in [1.82, 2.24) is 4.90 Å². The number of carbonyl (C=O) groups is 1. The average molecular weight is 267 g/mol. The molecule has 1 aliphatic carbocycles. The SMILES string of the molecule is CC(C(=O)OC(C)(C)C)N(CC(F)(F)F)C1CC1. The van der Waals surface area contributed by atoms with E-state index in [9.17, 15) is 18.0 Å². The highest BCUT2D eigenvalue weighted by atomic mass is 19.4. The van der Waals surface area contributed by atoms with Crippen molar-refractivity contribution >= 4 is 5.97 Å². The van der Waals surface area contributed by atoms with Crippen molar-refractivity contribution < 1.29 is 22.7 Å². The topological polar surface area (TPSA) is 29.5 Å². The first-order valence-corrected chi connectivity index (χ1v) is 6.05. The number of rotatable bonds is 4. The Bertz CT molecular complexity index is 305. The summed E-state index contributed by atoms with van der Waals surface area (Å²) in [5.74, 6) is -0.598. The van der Waals surface area contributed by atoms with Crippen molar-refractivity contribution in [1.29, 1.82) is 0 Å². The number of alkyl halides is 3. The zero-order chi connectivity index (χ0) is 14.1. The van der Waals surface area contributed by atoms with Crippen LogP contribution in [0.2, 0.25) is 0 Å². The van der Waals surface area contributed by atoms with Gasteiger partial charge < -0.3 is 4.74 Å². The predicted molar refractivity (Wildman–Crippen MR) is 61.1 cm³/mol. The fourth-order valence-electron chi connectivity index (χ4n) is 1.72. The van der Waals surface area contributed by atoms with Gasteiger partial charge in [-0.2, -0.15) is 13.2 Å². The maximum Gasteiger partial charge on any atom is 0.401 e. The summed E-state index contributed by atoms with van der Waals surface area (Å²) in [7, 11) is 0. The van der Waals surface area contributed by atoms with Gasteiger partial charge in [-0.25, -0.2) is 0 Å². The number of esters is 1. The number of hydrogen-bond donors (Lipinski definition) is 0. The molecule has 106 valence electrons. The smallest absolute Gasteiger partial charge is 0.401 e. The van der Waals surface area contributed by atoms with Crippen molar-refractivity contribution in [3.05, 3.63) is 0 Å². The summed E-state index contributed by atoms with van der Waals surface area (Å²) >= 11 is 0. The monoisotopic (exact) mass is 267 g/mol. The Hall–Kier alpha value is -0.780. The second-order valence-corrected chi connectivity index (χ2v) is 5.73. The molecule has 0 aromatic carbocycles. The van der Waals surface area contributed by atoms with E-state index >= 15 is 0 Å². The van der Waals surface area contributed by atoms with Crippen molar-refractivity contribution in [2.45, 2.75) is 64.4 Å². The zero-order valence-corrected chi connectivity index (χ0v) is 11.2. The van der Waals surface area contributed by atoms with Crippen molar-refractivity contribution in [3.63, 3.8) is 0 Å².